The lowest BCUT2D eigenvalue weighted by molar-refractivity contribution is -0.163. The molecule has 1 saturated carbocycles. The lowest BCUT2D eigenvalue weighted by Crippen LogP contribution is -2.40. The number of ether oxygens (including phenoxy) is 2. The van der Waals surface area contributed by atoms with Crippen molar-refractivity contribution in [2.75, 3.05) is 13.7 Å². The molecule has 124 valence electrons. The van der Waals surface area contributed by atoms with Crippen LogP contribution >= 0.6 is 0 Å². The number of rotatable bonds is 9. The Bertz CT molecular complexity index is 541. The summed E-state index contributed by atoms with van der Waals surface area (Å²) in [6, 6.07) is 8.61. The number of likely N-dealkylation sites (N-methyl/N-ethyl adjacent to an activating group) is 1. The van der Waals surface area contributed by atoms with Crippen LogP contribution in [0, 0.1) is 5.92 Å². The van der Waals surface area contributed by atoms with Crippen molar-refractivity contribution in [3.8, 4) is 0 Å². The van der Waals surface area contributed by atoms with Crippen LogP contribution in [0.25, 0.3) is 0 Å². The van der Waals surface area contributed by atoms with Gasteiger partial charge in [0.05, 0.1) is 0 Å². The van der Waals surface area contributed by atoms with Crippen LogP contribution in [0.3, 0.4) is 0 Å². The maximum Gasteiger partial charge on any atom is 0.344 e. The molecule has 0 aliphatic heterocycles. The summed E-state index contributed by atoms with van der Waals surface area (Å²) < 4.78 is 10.0. The summed E-state index contributed by atoms with van der Waals surface area (Å²) in [5, 5.41) is 0. The van der Waals surface area contributed by atoms with E-state index in [9.17, 15) is 14.4 Å². The summed E-state index contributed by atoms with van der Waals surface area (Å²) >= 11 is 0. The maximum atomic E-state index is 12.1. The predicted octanol–water partition coefficient (Wildman–Crippen LogP) is 1.53. The fourth-order valence-electron chi connectivity index (χ4n) is 2.18. The average molecular weight is 319 g/mol. The molecule has 1 aliphatic rings. The van der Waals surface area contributed by atoms with Gasteiger partial charge in [-0.15, -0.1) is 0 Å². The first-order chi connectivity index (χ1) is 11.1. The molecule has 6 heteroatoms. The Morgan fingerprint density at radius 2 is 1.96 bits per heavy atom. The van der Waals surface area contributed by atoms with Gasteiger partial charge in [-0.05, 0) is 17.9 Å². The third-order valence-electron chi connectivity index (χ3n) is 3.76. The molecule has 0 unspecified atom stereocenters. The van der Waals surface area contributed by atoms with Gasteiger partial charge in [0.15, 0.2) is 6.61 Å². The fourth-order valence-corrected chi connectivity index (χ4v) is 2.18. The minimum Gasteiger partial charge on any atom is -0.458 e. The van der Waals surface area contributed by atoms with Gasteiger partial charge in [-0.1, -0.05) is 43.2 Å². The molecular formula is C17H21NO5. The van der Waals surface area contributed by atoms with Gasteiger partial charge in [0.25, 0.3) is 0 Å². The Kier molecular flexibility index (Phi) is 6.14. The van der Waals surface area contributed by atoms with Crippen molar-refractivity contribution in [1.82, 2.24) is 4.90 Å². The highest BCUT2D eigenvalue weighted by Crippen LogP contribution is 2.34. The Hall–Kier alpha value is -2.37. The second-order valence-electron chi connectivity index (χ2n) is 5.72. The van der Waals surface area contributed by atoms with Crippen LogP contribution in [-0.4, -0.2) is 42.9 Å². The van der Waals surface area contributed by atoms with Gasteiger partial charge in [0.1, 0.15) is 12.6 Å². The van der Waals surface area contributed by atoms with Crippen LogP contribution in [0.5, 0.6) is 0 Å². The van der Waals surface area contributed by atoms with E-state index < -0.39 is 24.6 Å². The summed E-state index contributed by atoms with van der Waals surface area (Å²) in [5.74, 6) is -0.718. The SMILES string of the molecule is CN(C=O)[C@@H](CC1CC1)C(=O)OCC(=O)OCc1ccccc1. The zero-order chi connectivity index (χ0) is 16.7. The first-order valence-electron chi connectivity index (χ1n) is 7.63. The third-order valence-corrected chi connectivity index (χ3v) is 3.76. The average Bonchev–Trinajstić information content (AvgIpc) is 3.40. The number of hydrogen-bond acceptors (Lipinski definition) is 5. The van der Waals surface area contributed by atoms with E-state index in [1.54, 1.807) is 0 Å². The molecule has 23 heavy (non-hydrogen) atoms. The van der Waals surface area contributed by atoms with Crippen LogP contribution in [0.15, 0.2) is 30.3 Å². The van der Waals surface area contributed by atoms with Crippen molar-refractivity contribution in [2.45, 2.75) is 31.9 Å². The topological polar surface area (TPSA) is 72.9 Å². The van der Waals surface area contributed by atoms with E-state index in [1.807, 2.05) is 30.3 Å². The molecule has 1 aromatic rings. The molecule has 1 atom stereocenters. The monoisotopic (exact) mass is 319 g/mol. The second-order valence-corrected chi connectivity index (χ2v) is 5.72. The Morgan fingerprint density at radius 3 is 2.57 bits per heavy atom. The molecule has 1 aromatic carbocycles. The second kappa shape index (κ2) is 8.31. The first kappa shape index (κ1) is 17.0. The lowest BCUT2D eigenvalue weighted by atomic mass is 10.1. The number of amides is 1. The smallest absolute Gasteiger partial charge is 0.344 e. The minimum absolute atomic E-state index is 0.136. The molecule has 6 nitrogen and oxygen atoms in total. The summed E-state index contributed by atoms with van der Waals surface area (Å²) in [6.45, 7) is -0.309. The molecule has 0 saturated heterocycles. The number of nitrogens with zero attached hydrogens (tertiary/aromatic N) is 1. The van der Waals surface area contributed by atoms with Crippen LogP contribution in [0.2, 0.25) is 0 Å². The van der Waals surface area contributed by atoms with E-state index >= 15 is 0 Å². The molecule has 0 heterocycles. The normalized spacial score (nSPS) is 14.7. The quantitative estimate of drug-likeness (QED) is 0.510. The molecule has 0 spiro atoms. The third kappa shape index (κ3) is 5.73. The highest BCUT2D eigenvalue weighted by atomic mass is 16.6. The number of hydrogen-bond donors (Lipinski definition) is 0. The lowest BCUT2D eigenvalue weighted by Gasteiger charge is -2.22. The van der Waals surface area contributed by atoms with Gasteiger partial charge in [-0.25, -0.2) is 9.59 Å². The Balaban J connectivity index is 1.74. The van der Waals surface area contributed by atoms with Gasteiger partial charge in [-0.2, -0.15) is 0 Å². The van der Waals surface area contributed by atoms with E-state index in [-0.39, 0.29) is 6.61 Å². The van der Waals surface area contributed by atoms with E-state index in [4.69, 9.17) is 9.47 Å². The molecule has 0 aromatic heterocycles. The van der Waals surface area contributed by atoms with Crippen molar-refractivity contribution in [3.63, 3.8) is 0 Å². The van der Waals surface area contributed by atoms with Crippen molar-refractivity contribution < 1.29 is 23.9 Å². The maximum absolute atomic E-state index is 12.1. The van der Waals surface area contributed by atoms with Crippen LogP contribution < -0.4 is 0 Å². The molecule has 1 amide bonds. The molecule has 0 radical (unpaired) electrons. The summed E-state index contributed by atoms with van der Waals surface area (Å²) in [5.41, 5.74) is 0.861. The summed E-state index contributed by atoms with van der Waals surface area (Å²) in [7, 11) is 1.54. The van der Waals surface area contributed by atoms with Crippen molar-refractivity contribution in [3.05, 3.63) is 35.9 Å². The standard InChI is InChI=1S/C17H21NO5/c1-18(12-19)15(9-13-7-8-13)17(21)23-11-16(20)22-10-14-5-3-2-4-6-14/h2-6,12-13,15H,7-11H2,1H3/t15-/m0/s1. The van der Waals surface area contributed by atoms with E-state index in [1.165, 1.54) is 11.9 Å². The van der Waals surface area contributed by atoms with Crippen molar-refractivity contribution in [2.24, 2.45) is 5.92 Å². The van der Waals surface area contributed by atoms with E-state index in [0.29, 0.717) is 18.7 Å². The van der Waals surface area contributed by atoms with Crippen molar-refractivity contribution >= 4 is 18.3 Å². The van der Waals surface area contributed by atoms with Gasteiger partial charge in [0.2, 0.25) is 6.41 Å². The number of esters is 2. The Morgan fingerprint density at radius 1 is 1.26 bits per heavy atom. The van der Waals surface area contributed by atoms with Crippen LogP contribution in [-0.2, 0) is 30.5 Å². The van der Waals surface area contributed by atoms with Gasteiger partial charge in [0, 0.05) is 7.05 Å². The van der Waals surface area contributed by atoms with E-state index in [2.05, 4.69) is 0 Å². The zero-order valence-corrected chi connectivity index (χ0v) is 13.1. The van der Waals surface area contributed by atoms with Gasteiger partial charge >= 0.3 is 11.9 Å². The largest absolute Gasteiger partial charge is 0.458 e. The predicted molar refractivity (Wildman–Crippen MR) is 82.2 cm³/mol. The first-order valence-corrected chi connectivity index (χ1v) is 7.63. The molecule has 2 rings (SSSR count). The highest BCUT2D eigenvalue weighted by molar-refractivity contribution is 5.81. The minimum atomic E-state index is -0.637. The molecule has 1 aliphatic carbocycles. The molecule has 1 fully saturated rings. The zero-order valence-electron chi connectivity index (χ0n) is 13.1. The van der Waals surface area contributed by atoms with E-state index in [0.717, 1.165) is 18.4 Å². The molecular weight excluding hydrogens is 298 g/mol. The number of carbonyl (C=O) groups excluding carboxylic acids is 3. The summed E-state index contributed by atoms with van der Waals surface area (Å²) in [6.07, 6.45) is 3.31. The number of benzene rings is 1. The van der Waals surface area contributed by atoms with Crippen molar-refractivity contribution in [1.29, 1.82) is 0 Å². The fraction of sp³-hybridized carbons (Fsp3) is 0.471. The van der Waals surface area contributed by atoms with Crippen LogP contribution in [0.4, 0.5) is 0 Å². The number of carbonyl (C=O) groups is 3. The summed E-state index contributed by atoms with van der Waals surface area (Å²) in [4.78, 5) is 35.9. The van der Waals surface area contributed by atoms with Gasteiger partial charge < -0.3 is 14.4 Å². The molecule has 0 bridgehead atoms. The molecule has 0 N–H and O–H groups in total. The van der Waals surface area contributed by atoms with Crippen LogP contribution in [0.1, 0.15) is 24.8 Å². The van der Waals surface area contributed by atoms with Gasteiger partial charge in [-0.3, -0.25) is 4.79 Å². The highest BCUT2D eigenvalue weighted by Gasteiger charge is 2.32. The Labute approximate surface area is 135 Å².